The summed E-state index contributed by atoms with van der Waals surface area (Å²) in [4.78, 5) is 8.52. The Bertz CT molecular complexity index is 870. The van der Waals surface area contributed by atoms with Crippen molar-refractivity contribution in [2.45, 2.75) is 13.5 Å². The Morgan fingerprint density at radius 2 is 1.84 bits per heavy atom. The van der Waals surface area contributed by atoms with Crippen molar-refractivity contribution in [2.24, 2.45) is 0 Å². The normalized spacial score (nSPS) is 10.4. The van der Waals surface area contributed by atoms with E-state index in [2.05, 4.69) is 39.7 Å². The van der Waals surface area contributed by atoms with Crippen LogP contribution in [-0.4, -0.2) is 17.1 Å². The molecule has 0 radical (unpaired) electrons. The molecule has 0 aliphatic rings. The molecular formula is C19H19ClN4O. The molecule has 0 unspecified atom stereocenters. The number of anilines is 3. The second-order valence-electron chi connectivity index (χ2n) is 5.54. The molecule has 0 fully saturated rings. The van der Waals surface area contributed by atoms with Crippen molar-refractivity contribution < 1.29 is 4.74 Å². The third kappa shape index (κ3) is 4.39. The van der Waals surface area contributed by atoms with Crippen LogP contribution in [0, 0.1) is 6.92 Å². The molecule has 3 aromatic rings. The molecular weight excluding hydrogens is 336 g/mol. The van der Waals surface area contributed by atoms with Crippen LogP contribution in [0.3, 0.4) is 0 Å². The van der Waals surface area contributed by atoms with Crippen LogP contribution in [-0.2, 0) is 6.54 Å². The van der Waals surface area contributed by atoms with Crippen molar-refractivity contribution in [2.75, 3.05) is 17.7 Å². The Morgan fingerprint density at radius 3 is 2.64 bits per heavy atom. The molecule has 2 aromatic carbocycles. The van der Waals surface area contributed by atoms with Crippen LogP contribution in [0.25, 0.3) is 0 Å². The number of methoxy groups -OCH3 is 1. The van der Waals surface area contributed by atoms with Gasteiger partial charge in [-0.25, -0.2) is 9.97 Å². The summed E-state index contributed by atoms with van der Waals surface area (Å²) in [5.41, 5.74) is 3.22. The molecule has 128 valence electrons. The zero-order valence-corrected chi connectivity index (χ0v) is 14.8. The highest BCUT2D eigenvalue weighted by Gasteiger charge is 2.06. The van der Waals surface area contributed by atoms with Crippen LogP contribution in [0.4, 0.5) is 17.3 Å². The maximum atomic E-state index is 6.06. The van der Waals surface area contributed by atoms with Crippen molar-refractivity contribution in [3.8, 4) is 5.75 Å². The average molecular weight is 355 g/mol. The van der Waals surface area contributed by atoms with Gasteiger partial charge >= 0.3 is 0 Å². The molecule has 0 atom stereocenters. The number of hydrogen-bond acceptors (Lipinski definition) is 5. The van der Waals surface area contributed by atoms with E-state index < -0.39 is 0 Å². The first-order valence-corrected chi connectivity index (χ1v) is 8.24. The maximum Gasteiger partial charge on any atom is 0.142 e. The fraction of sp³-hybridized carbons (Fsp3) is 0.158. The van der Waals surface area contributed by atoms with Gasteiger partial charge in [0.1, 0.15) is 23.7 Å². The largest absolute Gasteiger partial charge is 0.495 e. The summed E-state index contributed by atoms with van der Waals surface area (Å²) in [5, 5.41) is 7.15. The van der Waals surface area contributed by atoms with E-state index >= 15 is 0 Å². The van der Waals surface area contributed by atoms with E-state index in [4.69, 9.17) is 16.3 Å². The number of benzene rings is 2. The first kappa shape index (κ1) is 17.0. The van der Waals surface area contributed by atoms with E-state index in [1.165, 1.54) is 17.5 Å². The highest BCUT2D eigenvalue weighted by Crippen LogP contribution is 2.30. The second kappa shape index (κ2) is 7.85. The molecule has 25 heavy (non-hydrogen) atoms. The van der Waals surface area contributed by atoms with E-state index in [9.17, 15) is 0 Å². The van der Waals surface area contributed by atoms with Gasteiger partial charge in [0.2, 0.25) is 0 Å². The summed E-state index contributed by atoms with van der Waals surface area (Å²) in [5.74, 6) is 2.09. The van der Waals surface area contributed by atoms with E-state index in [1.807, 2.05) is 24.3 Å². The number of nitrogens with zero attached hydrogens (tertiary/aromatic N) is 2. The Kier molecular flexibility index (Phi) is 5.36. The highest BCUT2D eigenvalue weighted by atomic mass is 35.5. The second-order valence-corrected chi connectivity index (χ2v) is 5.97. The summed E-state index contributed by atoms with van der Waals surface area (Å²) in [6.07, 6.45) is 1.51. The Balaban J connectivity index is 1.74. The topological polar surface area (TPSA) is 59.1 Å². The molecule has 0 aliphatic heterocycles. The Hall–Kier alpha value is -2.79. The Labute approximate surface area is 152 Å². The van der Waals surface area contributed by atoms with Gasteiger partial charge in [-0.2, -0.15) is 0 Å². The summed E-state index contributed by atoms with van der Waals surface area (Å²) >= 11 is 6.06. The van der Waals surface area contributed by atoms with Crippen LogP contribution >= 0.6 is 11.6 Å². The Morgan fingerprint density at radius 1 is 1.04 bits per heavy atom. The number of rotatable bonds is 6. The predicted molar refractivity (Wildman–Crippen MR) is 102 cm³/mol. The lowest BCUT2D eigenvalue weighted by Crippen LogP contribution is -2.04. The fourth-order valence-corrected chi connectivity index (χ4v) is 2.60. The molecule has 0 spiro atoms. The lowest BCUT2D eigenvalue weighted by molar-refractivity contribution is 0.417. The molecule has 0 saturated carbocycles. The van der Waals surface area contributed by atoms with E-state index in [-0.39, 0.29) is 0 Å². The first-order chi connectivity index (χ1) is 12.2. The van der Waals surface area contributed by atoms with Gasteiger partial charge in [0.15, 0.2) is 0 Å². The molecule has 5 nitrogen and oxygen atoms in total. The van der Waals surface area contributed by atoms with Crippen LogP contribution in [0.15, 0.2) is 54.9 Å². The van der Waals surface area contributed by atoms with Gasteiger partial charge in [-0.15, -0.1) is 0 Å². The minimum absolute atomic E-state index is 0.621. The van der Waals surface area contributed by atoms with Crippen molar-refractivity contribution >= 4 is 28.9 Å². The van der Waals surface area contributed by atoms with Crippen molar-refractivity contribution in [1.29, 1.82) is 0 Å². The van der Waals surface area contributed by atoms with Crippen LogP contribution in [0.2, 0.25) is 5.02 Å². The third-order valence-electron chi connectivity index (χ3n) is 3.81. The van der Waals surface area contributed by atoms with Gasteiger partial charge in [0, 0.05) is 17.6 Å². The lowest BCUT2D eigenvalue weighted by atomic mass is 10.1. The van der Waals surface area contributed by atoms with Gasteiger partial charge in [-0.1, -0.05) is 35.9 Å². The average Bonchev–Trinajstić information content (AvgIpc) is 2.62. The SMILES string of the molecule is COc1ccc(Cl)cc1Nc1cc(NCc2ccccc2C)ncn1. The van der Waals surface area contributed by atoms with Gasteiger partial charge in [0.25, 0.3) is 0 Å². The number of aryl methyl sites for hydroxylation is 1. The van der Waals surface area contributed by atoms with Crippen LogP contribution in [0.5, 0.6) is 5.75 Å². The number of nitrogens with one attached hydrogen (secondary N) is 2. The standard InChI is InChI=1S/C19H19ClN4O/c1-13-5-3-4-6-14(13)11-21-18-10-19(23-12-22-18)24-16-9-15(20)7-8-17(16)25-2/h3-10,12H,11H2,1-2H3,(H2,21,22,23,24). The monoisotopic (exact) mass is 354 g/mol. The summed E-state index contributed by atoms with van der Waals surface area (Å²) in [6, 6.07) is 15.5. The van der Waals surface area contributed by atoms with E-state index in [1.54, 1.807) is 19.2 Å². The molecule has 0 amide bonds. The first-order valence-electron chi connectivity index (χ1n) is 7.86. The number of hydrogen-bond donors (Lipinski definition) is 2. The quantitative estimate of drug-likeness (QED) is 0.665. The fourth-order valence-electron chi connectivity index (χ4n) is 2.43. The smallest absolute Gasteiger partial charge is 0.142 e. The van der Waals surface area contributed by atoms with Crippen LogP contribution < -0.4 is 15.4 Å². The van der Waals surface area contributed by atoms with E-state index in [0.717, 1.165) is 11.5 Å². The summed E-state index contributed by atoms with van der Waals surface area (Å²) < 4.78 is 5.34. The van der Waals surface area contributed by atoms with Gasteiger partial charge in [-0.3, -0.25) is 0 Å². The third-order valence-corrected chi connectivity index (χ3v) is 4.05. The summed E-state index contributed by atoms with van der Waals surface area (Å²) in [7, 11) is 1.61. The maximum absolute atomic E-state index is 6.06. The van der Waals surface area contributed by atoms with Gasteiger partial charge < -0.3 is 15.4 Å². The van der Waals surface area contributed by atoms with Crippen molar-refractivity contribution in [3.63, 3.8) is 0 Å². The lowest BCUT2D eigenvalue weighted by Gasteiger charge is -2.12. The van der Waals surface area contributed by atoms with Gasteiger partial charge in [0.05, 0.1) is 12.8 Å². The highest BCUT2D eigenvalue weighted by molar-refractivity contribution is 6.31. The molecule has 0 aliphatic carbocycles. The zero-order chi connectivity index (χ0) is 17.6. The minimum Gasteiger partial charge on any atom is -0.495 e. The molecule has 1 heterocycles. The summed E-state index contributed by atoms with van der Waals surface area (Å²) in [6.45, 7) is 2.79. The van der Waals surface area contributed by atoms with Gasteiger partial charge in [-0.05, 0) is 36.2 Å². The van der Waals surface area contributed by atoms with Crippen molar-refractivity contribution in [3.05, 3.63) is 71.0 Å². The van der Waals surface area contributed by atoms with Crippen molar-refractivity contribution in [1.82, 2.24) is 9.97 Å². The molecule has 3 rings (SSSR count). The zero-order valence-electron chi connectivity index (χ0n) is 14.1. The van der Waals surface area contributed by atoms with Crippen LogP contribution in [0.1, 0.15) is 11.1 Å². The molecule has 0 saturated heterocycles. The van der Waals surface area contributed by atoms with E-state index in [0.29, 0.717) is 23.1 Å². The number of aromatic nitrogens is 2. The minimum atomic E-state index is 0.621. The number of halogens is 1. The molecule has 0 bridgehead atoms. The number of ether oxygens (including phenoxy) is 1. The molecule has 1 aromatic heterocycles. The predicted octanol–water partition coefficient (Wildman–Crippen LogP) is 4.80. The molecule has 6 heteroatoms. The molecule has 2 N–H and O–H groups in total.